The van der Waals surface area contributed by atoms with Crippen LogP contribution in [0.5, 0.6) is 0 Å². The van der Waals surface area contributed by atoms with Crippen molar-refractivity contribution in [3.05, 3.63) is 29.6 Å². The number of hydrogen-bond acceptors (Lipinski definition) is 3. The Labute approximate surface area is 108 Å². The quantitative estimate of drug-likeness (QED) is 0.826. The molecule has 0 radical (unpaired) electrons. The van der Waals surface area contributed by atoms with Crippen LogP contribution in [0.4, 0.5) is 4.39 Å². The largest absolute Gasteiger partial charge is 0.316 e. The predicted octanol–water partition coefficient (Wildman–Crippen LogP) is 1.48. The SMILES string of the molecule is CNCc1ccc(F)c(S(=O)(=O)NCC(C)C)c1. The molecule has 0 fully saturated rings. The number of nitrogens with one attached hydrogen (secondary N) is 2. The summed E-state index contributed by atoms with van der Waals surface area (Å²) in [5, 5.41) is 2.89. The van der Waals surface area contributed by atoms with Gasteiger partial charge in [0.1, 0.15) is 10.7 Å². The Balaban J connectivity index is 3.03. The second kappa shape index (κ2) is 6.26. The molecule has 0 atom stereocenters. The normalized spacial score (nSPS) is 12.1. The standard InChI is InChI=1S/C12H19FN2O2S/c1-9(2)7-15-18(16,17)12-6-10(8-14-3)4-5-11(12)13/h4-6,9,14-15H,7-8H2,1-3H3. The Morgan fingerprint density at radius 1 is 1.33 bits per heavy atom. The molecular formula is C12H19FN2O2S. The summed E-state index contributed by atoms with van der Waals surface area (Å²) in [6.07, 6.45) is 0. The Kier molecular flexibility index (Phi) is 5.25. The van der Waals surface area contributed by atoms with Crippen LogP contribution in [0.2, 0.25) is 0 Å². The molecule has 18 heavy (non-hydrogen) atoms. The van der Waals surface area contributed by atoms with Crippen molar-refractivity contribution in [2.45, 2.75) is 25.3 Å². The maximum Gasteiger partial charge on any atom is 0.243 e. The summed E-state index contributed by atoms with van der Waals surface area (Å²) in [7, 11) is -2.04. The Bertz CT molecular complexity index is 501. The van der Waals surface area contributed by atoms with Crippen molar-refractivity contribution in [2.24, 2.45) is 5.92 Å². The fraction of sp³-hybridized carbons (Fsp3) is 0.500. The summed E-state index contributed by atoms with van der Waals surface area (Å²) in [6.45, 7) is 4.55. The van der Waals surface area contributed by atoms with E-state index in [4.69, 9.17) is 0 Å². The summed E-state index contributed by atoms with van der Waals surface area (Å²) in [4.78, 5) is -0.295. The van der Waals surface area contributed by atoms with Crippen molar-refractivity contribution in [2.75, 3.05) is 13.6 Å². The first-order valence-electron chi connectivity index (χ1n) is 5.79. The van der Waals surface area contributed by atoms with E-state index in [2.05, 4.69) is 10.0 Å². The number of halogens is 1. The molecule has 0 spiro atoms. The fourth-order valence-corrected chi connectivity index (χ4v) is 2.76. The van der Waals surface area contributed by atoms with Crippen LogP contribution in [0.25, 0.3) is 0 Å². The van der Waals surface area contributed by atoms with Crippen LogP contribution in [0.15, 0.2) is 23.1 Å². The Morgan fingerprint density at radius 2 is 2.00 bits per heavy atom. The van der Waals surface area contributed by atoms with E-state index in [0.29, 0.717) is 6.54 Å². The molecule has 0 bridgehead atoms. The number of benzene rings is 1. The van der Waals surface area contributed by atoms with Crippen LogP contribution in [0.3, 0.4) is 0 Å². The summed E-state index contributed by atoms with van der Waals surface area (Å²) in [5.74, 6) is -0.561. The molecule has 2 N–H and O–H groups in total. The highest BCUT2D eigenvalue weighted by atomic mass is 32.2. The van der Waals surface area contributed by atoms with Crippen molar-refractivity contribution in [1.82, 2.24) is 10.0 Å². The molecule has 1 aromatic carbocycles. The number of sulfonamides is 1. The van der Waals surface area contributed by atoms with Crippen molar-refractivity contribution >= 4 is 10.0 Å². The number of hydrogen-bond donors (Lipinski definition) is 2. The van der Waals surface area contributed by atoms with E-state index in [9.17, 15) is 12.8 Å². The van der Waals surface area contributed by atoms with Gasteiger partial charge in [0, 0.05) is 13.1 Å². The van der Waals surface area contributed by atoms with Crippen LogP contribution in [0.1, 0.15) is 19.4 Å². The third kappa shape index (κ3) is 4.04. The van der Waals surface area contributed by atoms with Crippen LogP contribution >= 0.6 is 0 Å². The van der Waals surface area contributed by atoms with Gasteiger partial charge in [-0.1, -0.05) is 19.9 Å². The molecule has 0 aliphatic heterocycles. The molecule has 102 valence electrons. The van der Waals surface area contributed by atoms with Gasteiger partial charge in [-0.25, -0.2) is 17.5 Å². The Hall–Kier alpha value is -0.980. The van der Waals surface area contributed by atoms with E-state index in [0.717, 1.165) is 5.56 Å². The molecule has 0 aromatic heterocycles. The maximum atomic E-state index is 13.6. The lowest BCUT2D eigenvalue weighted by molar-refractivity contribution is 0.543. The second-order valence-electron chi connectivity index (χ2n) is 4.54. The first-order valence-corrected chi connectivity index (χ1v) is 7.28. The first-order chi connectivity index (χ1) is 8.36. The summed E-state index contributed by atoms with van der Waals surface area (Å²) in [6, 6.07) is 4.10. The van der Waals surface area contributed by atoms with Crippen LogP contribution in [-0.2, 0) is 16.6 Å². The molecule has 0 heterocycles. The van der Waals surface area contributed by atoms with Crippen LogP contribution in [-0.4, -0.2) is 22.0 Å². The van der Waals surface area contributed by atoms with Crippen LogP contribution in [0, 0.1) is 11.7 Å². The summed E-state index contributed by atoms with van der Waals surface area (Å²) in [5.41, 5.74) is 0.726. The minimum Gasteiger partial charge on any atom is -0.316 e. The van der Waals surface area contributed by atoms with Gasteiger partial charge in [-0.2, -0.15) is 0 Å². The average Bonchev–Trinajstić information content (AvgIpc) is 2.29. The lowest BCUT2D eigenvalue weighted by Crippen LogP contribution is -2.28. The van der Waals surface area contributed by atoms with Gasteiger partial charge in [0.2, 0.25) is 10.0 Å². The minimum absolute atomic E-state index is 0.170. The molecule has 0 aliphatic rings. The molecule has 6 heteroatoms. The van der Waals surface area contributed by atoms with Crippen molar-refractivity contribution < 1.29 is 12.8 Å². The van der Waals surface area contributed by atoms with Gasteiger partial charge in [0.05, 0.1) is 0 Å². The van der Waals surface area contributed by atoms with Gasteiger partial charge in [-0.15, -0.1) is 0 Å². The highest BCUT2D eigenvalue weighted by molar-refractivity contribution is 7.89. The molecule has 1 rings (SSSR count). The van der Waals surface area contributed by atoms with E-state index in [1.54, 1.807) is 13.1 Å². The van der Waals surface area contributed by atoms with E-state index in [1.165, 1.54) is 12.1 Å². The van der Waals surface area contributed by atoms with Gasteiger partial charge in [-0.3, -0.25) is 0 Å². The van der Waals surface area contributed by atoms with Crippen molar-refractivity contribution in [3.63, 3.8) is 0 Å². The fourth-order valence-electron chi connectivity index (χ4n) is 1.42. The smallest absolute Gasteiger partial charge is 0.243 e. The lowest BCUT2D eigenvalue weighted by atomic mass is 10.2. The zero-order chi connectivity index (χ0) is 13.8. The topological polar surface area (TPSA) is 58.2 Å². The second-order valence-corrected chi connectivity index (χ2v) is 6.28. The van der Waals surface area contributed by atoms with Gasteiger partial charge in [0.25, 0.3) is 0 Å². The number of rotatable bonds is 6. The van der Waals surface area contributed by atoms with E-state index in [1.807, 2.05) is 13.8 Å². The third-order valence-electron chi connectivity index (χ3n) is 2.35. The molecule has 1 aromatic rings. The third-order valence-corrected chi connectivity index (χ3v) is 3.79. The monoisotopic (exact) mass is 274 g/mol. The van der Waals surface area contributed by atoms with E-state index < -0.39 is 15.8 Å². The highest BCUT2D eigenvalue weighted by Gasteiger charge is 2.19. The predicted molar refractivity (Wildman–Crippen MR) is 69.2 cm³/mol. The van der Waals surface area contributed by atoms with E-state index >= 15 is 0 Å². The minimum atomic E-state index is -3.78. The molecule has 4 nitrogen and oxygen atoms in total. The zero-order valence-electron chi connectivity index (χ0n) is 10.8. The molecule has 0 aliphatic carbocycles. The van der Waals surface area contributed by atoms with Gasteiger partial charge in [-0.05, 0) is 30.7 Å². The summed E-state index contributed by atoms with van der Waals surface area (Å²) < 4.78 is 39.9. The summed E-state index contributed by atoms with van der Waals surface area (Å²) >= 11 is 0. The van der Waals surface area contributed by atoms with Gasteiger partial charge in [0.15, 0.2) is 0 Å². The average molecular weight is 274 g/mol. The lowest BCUT2D eigenvalue weighted by Gasteiger charge is -2.11. The van der Waals surface area contributed by atoms with Crippen LogP contribution < -0.4 is 10.0 Å². The zero-order valence-corrected chi connectivity index (χ0v) is 11.6. The van der Waals surface area contributed by atoms with Gasteiger partial charge < -0.3 is 5.32 Å². The van der Waals surface area contributed by atoms with Gasteiger partial charge >= 0.3 is 0 Å². The maximum absolute atomic E-state index is 13.6. The molecule has 0 saturated heterocycles. The first kappa shape index (κ1) is 15.1. The molecule has 0 amide bonds. The molecule has 0 saturated carbocycles. The molecular weight excluding hydrogens is 255 g/mol. The van der Waals surface area contributed by atoms with Crippen molar-refractivity contribution in [3.8, 4) is 0 Å². The molecule has 0 unspecified atom stereocenters. The van der Waals surface area contributed by atoms with E-state index in [-0.39, 0.29) is 17.4 Å². The van der Waals surface area contributed by atoms with Crippen molar-refractivity contribution in [1.29, 1.82) is 0 Å². The highest BCUT2D eigenvalue weighted by Crippen LogP contribution is 2.16. The Morgan fingerprint density at radius 3 is 2.56 bits per heavy atom.